The summed E-state index contributed by atoms with van der Waals surface area (Å²) in [5.74, 6) is 0.278. The lowest BCUT2D eigenvalue weighted by atomic mass is 9.95. The highest BCUT2D eigenvalue weighted by Crippen LogP contribution is 2.19. The maximum atomic E-state index is 12.1. The molecule has 0 spiro atoms. The second-order valence-corrected chi connectivity index (χ2v) is 4.84. The van der Waals surface area contributed by atoms with Crippen molar-refractivity contribution in [1.29, 1.82) is 0 Å². The molecule has 104 valence electrons. The van der Waals surface area contributed by atoms with E-state index < -0.39 is 0 Å². The molecule has 0 unspecified atom stereocenters. The van der Waals surface area contributed by atoms with Crippen LogP contribution in [-0.2, 0) is 9.53 Å². The van der Waals surface area contributed by atoms with Gasteiger partial charge in [-0.05, 0) is 19.3 Å². The van der Waals surface area contributed by atoms with E-state index in [1.54, 1.807) is 4.90 Å². The molecule has 0 atom stereocenters. The predicted octanol–water partition coefficient (Wildman–Crippen LogP) is 1.72. The fourth-order valence-electron chi connectivity index (χ4n) is 2.26. The molecule has 0 aliphatic carbocycles. The summed E-state index contributed by atoms with van der Waals surface area (Å²) >= 11 is 0. The van der Waals surface area contributed by atoms with Crippen LogP contribution < -0.4 is 0 Å². The topological polar surface area (TPSA) is 49.9 Å². The first kappa shape index (κ1) is 14.8. The number of rotatable bonds is 4. The number of hydrogen-bond donors (Lipinski definition) is 0. The highest BCUT2D eigenvalue weighted by atomic mass is 16.5. The number of piperidine rings is 1. The van der Waals surface area contributed by atoms with Crippen LogP contribution in [0, 0.1) is 5.92 Å². The number of ether oxygens (including phenoxy) is 1. The smallest absolute Gasteiger partial charge is 0.409 e. The maximum Gasteiger partial charge on any atom is 0.409 e. The van der Waals surface area contributed by atoms with Gasteiger partial charge in [-0.25, -0.2) is 4.79 Å². The van der Waals surface area contributed by atoms with Crippen molar-refractivity contribution in [2.24, 2.45) is 5.92 Å². The maximum absolute atomic E-state index is 12.1. The molecule has 0 bridgehead atoms. The minimum absolute atomic E-state index is 0.0627. The highest BCUT2D eigenvalue weighted by molar-refractivity contribution is 5.79. The van der Waals surface area contributed by atoms with E-state index in [9.17, 15) is 9.59 Å². The zero-order valence-electron chi connectivity index (χ0n) is 11.6. The summed E-state index contributed by atoms with van der Waals surface area (Å²) in [7, 11) is 3.25. The minimum atomic E-state index is -0.291. The number of hydrogen-bond acceptors (Lipinski definition) is 3. The summed E-state index contributed by atoms with van der Waals surface area (Å²) in [5, 5.41) is 0. The van der Waals surface area contributed by atoms with Gasteiger partial charge in [0.1, 0.15) is 0 Å². The third-order valence-electron chi connectivity index (χ3n) is 3.50. The molecular weight excluding hydrogens is 232 g/mol. The highest BCUT2D eigenvalue weighted by Gasteiger charge is 2.29. The van der Waals surface area contributed by atoms with Crippen LogP contribution >= 0.6 is 0 Å². The van der Waals surface area contributed by atoms with Gasteiger partial charge in [0.25, 0.3) is 0 Å². The Labute approximate surface area is 109 Å². The van der Waals surface area contributed by atoms with Crippen molar-refractivity contribution in [3.05, 3.63) is 0 Å². The molecular formula is C13H24N2O3. The summed E-state index contributed by atoms with van der Waals surface area (Å²) in [5.41, 5.74) is 0. The Morgan fingerprint density at radius 1 is 1.33 bits per heavy atom. The van der Waals surface area contributed by atoms with Gasteiger partial charge in [-0.1, -0.05) is 13.3 Å². The number of unbranched alkanes of at least 4 members (excludes halogenated alkanes) is 1. The first-order chi connectivity index (χ1) is 8.60. The number of carbonyl (C=O) groups is 2. The molecule has 1 rings (SSSR count). The first-order valence-corrected chi connectivity index (χ1v) is 6.68. The summed E-state index contributed by atoms with van der Waals surface area (Å²) in [6.45, 7) is 4.18. The lowest BCUT2D eigenvalue weighted by molar-refractivity contribution is -0.135. The Morgan fingerprint density at radius 3 is 2.44 bits per heavy atom. The van der Waals surface area contributed by atoms with Gasteiger partial charge in [0.2, 0.25) is 5.91 Å². The lowest BCUT2D eigenvalue weighted by Crippen LogP contribution is -2.43. The lowest BCUT2D eigenvalue weighted by Gasteiger charge is -2.32. The normalized spacial score (nSPS) is 16.5. The molecule has 0 N–H and O–H groups in total. The molecule has 5 nitrogen and oxygen atoms in total. The van der Waals surface area contributed by atoms with E-state index in [1.807, 2.05) is 11.9 Å². The monoisotopic (exact) mass is 256 g/mol. The summed E-state index contributed by atoms with van der Waals surface area (Å²) in [6.07, 6.45) is 3.33. The van der Waals surface area contributed by atoms with Crippen molar-refractivity contribution in [2.45, 2.75) is 32.6 Å². The minimum Gasteiger partial charge on any atom is -0.453 e. The van der Waals surface area contributed by atoms with Crippen molar-refractivity contribution >= 4 is 12.0 Å². The van der Waals surface area contributed by atoms with Crippen molar-refractivity contribution in [3.8, 4) is 0 Å². The van der Waals surface area contributed by atoms with Gasteiger partial charge in [0.05, 0.1) is 7.11 Å². The third kappa shape index (κ3) is 3.89. The summed E-state index contributed by atoms with van der Waals surface area (Å²) in [6, 6.07) is 0. The Morgan fingerprint density at radius 2 is 1.94 bits per heavy atom. The van der Waals surface area contributed by atoms with Crippen LogP contribution in [0.3, 0.4) is 0 Å². The second kappa shape index (κ2) is 7.24. The largest absolute Gasteiger partial charge is 0.453 e. The molecule has 1 heterocycles. The van der Waals surface area contributed by atoms with E-state index in [0.717, 1.165) is 32.2 Å². The van der Waals surface area contributed by atoms with Gasteiger partial charge in [-0.2, -0.15) is 0 Å². The van der Waals surface area contributed by atoms with Crippen LogP contribution in [0.4, 0.5) is 4.79 Å². The van der Waals surface area contributed by atoms with E-state index in [2.05, 4.69) is 11.7 Å². The number of methoxy groups -OCH3 is 1. The Hall–Kier alpha value is -1.26. The van der Waals surface area contributed by atoms with Crippen molar-refractivity contribution < 1.29 is 14.3 Å². The number of amides is 2. The second-order valence-electron chi connectivity index (χ2n) is 4.84. The molecule has 18 heavy (non-hydrogen) atoms. The standard InChI is InChI=1S/C13H24N2O3/c1-4-5-8-14(2)12(16)11-6-9-15(10-7-11)13(17)18-3/h11H,4-10H2,1-3H3. The molecule has 0 aromatic rings. The SMILES string of the molecule is CCCCN(C)C(=O)C1CCN(C(=O)OC)CC1. The van der Waals surface area contributed by atoms with Crippen LogP contribution in [0.1, 0.15) is 32.6 Å². The van der Waals surface area contributed by atoms with Gasteiger partial charge in [-0.15, -0.1) is 0 Å². The fraction of sp³-hybridized carbons (Fsp3) is 0.846. The Balaban J connectivity index is 2.37. The fourth-order valence-corrected chi connectivity index (χ4v) is 2.26. The molecule has 1 saturated heterocycles. The Bertz CT molecular complexity index is 286. The quantitative estimate of drug-likeness (QED) is 0.769. The molecule has 2 amide bonds. The average Bonchev–Trinajstić information content (AvgIpc) is 2.43. The molecule has 0 radical (unpaired) electrons. The van der Waals surface area contributed by atoms with Gasteiger partial charge in [0, 0.05) is 32.6 Å². The molecule has 0 saturated carbocycles. The van der Waals surface area contributed by atoms with E-state index in [-0.39, 0.29) is 17.9 Å². The number of likely N-dealkylation sites (tertiary alicyclic amines) is 1. The van der Waals surface area contributed by atoms with E-state index >= 15 is 0 Å². The molecule has 1 fully saturated rings. The zero-order chi connectivity index (χ0) is 13.5. The molecule has 0 aromatic carbocycles. The summed E-state index contributed by atoms with van der Waals surface area (Å²) in [4.78, 5) is 27.0. The van der Waals surface area contributed by atoms with Crippen LogP contribution in [0.25, 0.3) is 0 Å². The third-order valence-corrected chi connectivity index (χ3v) is 3.50. The zero-order valence-corrected chi connectivity index (χ0v) is 11.6. The van der Waals surface area contributed by atoms with Crippen LogP contribution in [-0.4, -0.2) is 55.6 Å². The van der Waals surface area contributed by atoms with Crippen LogP contribution in [0.5, 0.6) is 0 Å². The number of carbonyl (C=O) groups excluding carboxylic acids is 2. The summed E-state index contributed by atoms with van der Waals surface area (Å²) < 4.78 is 4.68. The molecule has 1 aliphatic heterocycles. The number of nitrogens with zero attached hydrogens (tertiary/aromatic N) is 2. The first-order valence-electron chi connectivity index (χ1n) is 6.68. The van der Waals surface area contributed by atoms with Crippen molar-refractivity contribution in [3.63, 3.8) is 0 Å². The Kier molecular flexibility index (Phi) is 5.95. The molecule has 1 aliphatic rings. The predicted molar refractivity (Wildman–Crippen MR) is 69.2 cm³/mol. The van der Waals surface area contributed by atoms with Crippen molar-refractivity contribution in [2.75, 3.05) is 33.8 Å². The van der Waals surface area contributed by atoms with Gasteiger partial charge in [0.15, 0.2) is 0 Å². The van der Waals surface area contributed by atoms with Crippen molar-refractivity contribution in [1.82, 2.24) is 9.80 Å². The average molecular weight is 256 g/mol. The van der Waals surface area contributed by atoms with Gasteiger partial charge < -0.3 is 14.5 Å². The van der Waals surface area contributed by atoms with Crippen LogP contribution in [0.2, 0.25) is 0 Å². The van der Waals surface area contributed by atoms with E-state index in [4.69, 9.17) is 0 Å². The van der Waals surface area contributed by atoms with Gasteiger partial charge in [-0.3, -0.25) is 4.79 Å². The van der Waals surface area contributed by atoms with Gasteiger partial charge >= 0.3 is 6.09 Å². The van der Waals surface area contributed by atoms with Crippen LogP contribution in [0.15, 0.2) is 0 Å². The molecule has 0 aromatic heterocycles. The van der Waals surface area contributed by atoms with E-state index in [0.29, 0.717) is 13.1 Å². The molecule has 5 heteroatoms. The van der Waals surface area contributed by atoms with E-state index in [1.165, 1.54) is 7.11 Å².